The van der Waals surface area contributed by atoms with Crippen molar-refractivity contribution in [2.24, 2.45) is 0 Å². The fraction of sp³-hybridized carbons (Fsp3) is 0.600. The molecule has 23 heavy (non-hydrogen) atoms. The molecule has 0 heterocycles. The summed E-state index contributed by atoms with van der Waals surface area (Å²) in [7, 11) is 0. The molecule has 1 saturated carbocycles. The zero-order valence-corrected chi connectivity index (χ0v) is 12.1. The second-order valence-corrected chi connectivity index (χ2v) is 5.76. The van der Waals surface area contributed by atoms with Crippen LogP contribution in [0.3, 0.4) is 0 Å². The number of nitrogens with one attached hydrogen (secondary N) is 1. The maximum Gasteiger partial charge on any atom is 0.430 e. The zero-order chi connectivity index (χ0) is 17.3. The summed E-state index contributed by atoms with van der Waals surface area (Å²) < 4.78 is 76.6. The molecule has 1 aliphatic carbocycles. The van der Waals surface area contributed by atoms with Crippen LogP contribution in [0.2, 0.25) is 0 Å². The fourth-order valence-corrected chi connectivity index (χ4v) is 2.78. The topological polar surface area (TPSA) is 32.3 Å². The highest BCUT2D eigenvalue weighted by molar-refractivity contribution is 5.47. The quantitative estimate of drug-likeness (QED) is 0.778. The molecule has 0 spiro atoms. The lowest BCUT2D eigenvalue weighted by Gasteiger charge is -2.32. The molecule has 130 valence electrons. The van der Waals surface area contributed by atoms with Crippen molar-refractivity contribution in [3.05, 3.63) is 29.8 Å². The average Bonchev–Trinajstić information content (AvgIpc) is 2.46. The smallest absolute Gasteiger partial charge is 0.382 e. The molecule has 0 amide bonds. The van der Waals surface area contributed by atoms with Gasteiger partial charge in [-0.05, 0) is 25.0 Å². The van der Waals surface area contributed by atoms with Crippen LogP contribution in [0.1, 0.15) is 37.7 Å². The van der Waals surface area contributed by atoms with E-state index in [1.165, 1.54) is 0 Å². The number of aliphatic hydroxyl groups is 1. The molecule has 0 bridgehead atoms. The second kappa shape index (κ2) is 6.22. The minimum Gasteiger partial charge on any atom is -0.382 e. The molecule has 0 atom stereocenters. The molecule has 0 radical (unpaired) electrons. The molecule has 2 N–H and O–H groups in total. The van der Waals surface area contributed by atoms with Crippen LogP contribution >= 0.6 is 0 Å². The first-order valence-electron chi connectivity index (χ1n) is 7.28. The van der Waals surface area contributed by atoms with E-state index in [2.05, 4.69) is 5.32 Å². The fourth-order valence-electron chi connectivity index (χ4n) is 2.78. The first-order valence-corrected chi connectivity index (χ1v) is 7.28. The van der Waals surface area contributed by atoms with Crippen molar-refractivity contribution in [3.63, 3.8) is 0 Å². The molecule has 0 aromatic heterocycles. The molecule has 2 nitrogen and oxygen atoms in total. The van der Waals surface area contributed by atoms with Crippen molar-refractivity contribution in [2.75, 3.05) is 5.32 Å². The van der Waals surface area contributed by atoms with Gasteiger partial charge in [-0.3, -0.25) is 0 Å². The molecule has 1 aromatic rings. The normalized spacial score (nSPS) is 18.0. The standard InChI is InChI=1S/C15H17F6NO/c16-14(17,18)13(23,15(19,20)21)10-6-8-12(9-7-10)22-11-4-2-1-3-5-11/h6-9,11,22-23H,1-5H2. The summed E-state index contributed by atoms with van der Waals surface area (Å²) in [5, 5.41) is 12.4. The van der Waals surface area contributed by atoms with Gasteiger partial charge in [0.1, 0.15) is 0 Å². The third-order valence-corrected chi connectivity index (χ3v) is 4.10. The second-order valence-electron chi connectivity index (χ2n) is 5.76. The lowest BCUT2D eigenvalue weighted by atomic mass is 9.91. The molecule has 2 rings (SSSR count). The lowest BCUT2D eigenvalue weighted by Crippen LogP contribution is -2.53. The Bertz CT molecular complexity index is 502. The Morgan fingerprint density at radius 2 is 1.30 bits per heavy atom. The van der Waals surface area contributed by atoms with Crippen molar-refractivity contribution in [1.82, 2.24) is 0 Å². The molecule has 0 unspecified atom stereocenters. The average molecular weight is 341 g/mol. The summed E-state index contributed by atoms with van der Waals surface area (Å²) in [4.78, 5) is 0. The molecule has 1 aromatic carbocycles. The molecular formula is C15H17F6NO. The van der Waals surface area contributed by atoms with Gasteiger partial charge in [0.15, 0.2) is 0 Å². The number of benzene rings is 1. The lowest BCUT2D eigenvalue weighted by molar-refractivity contribution is -0.376. The van der Waals surface area contributed by atoms with E-state index in [1.807, 2.05) is 0 Å². The Morgan fingerprint density at radius 1 is 0.826 bits per heavy atom. The van der Waals surface area contributed by atoms with E-state index in [0.717, 1.165) is 44.2 Å². The predicted molar refractivity (Wildman–Crippen MR) is 72.9 cm³/mol. The number of anilines is 1. The van der Waals surface area contributed by atoms with Gasteiger partial charge in [0.2, 0.25) is 0 Å². The van der Waals surface area contributed by atoms with Crippen molar-refractivity contribution >= 4 is 5.69 Å². The van der Waals surface area contributed by atoms with Gasteiger partial charge in [0.25, 0.3) is 5.60 Å². The van der Waals surface area contributed by atoms with Crippen LogP contribution < -0.4 is 5.32 Å². The van der Waals surface area contributed by atoms with E-state index in [0.29, 0.717) is 17.8 Å². The number of hydrogen-bond acceptors (Lipinski definition) is 2. The maximum atomic E-state index is 12.8. The van der Waals surface area contributed by atoms with Gasteiger partial charge in [-0.25, -0.2) is 0 Å². The zero-order valence-electron chi connectivity index (χ0n) is 12.1. The Kier molecular flexibility index (Phi) is 4.84. The summed E-state index contributed by atoms with van der Waals surface area (Å²) >= 11 is 0. The highest BCUT2D eigenvalue weighted by atomic mass is 19.4. The van der Waals surface area contributed by atoms with Gasteiger partial charge < -0.3 is 10.4 Å². The number of hydrogen-bond donors (Lipinski definition) is 2. The maximum absolute atomic E-state index is 12.8. The van der Waals surface area contributed by atoms with E-state index >= 15 is 0 Å². The van der Waals surface area contributed by atoms with Crippen LogP contribution in [0.15, 0.2) is 24.3 Å². The van der Waals surface area contributed by atoms with E-state index in [9.17, 15) is 31.4 Å². The van der Waals surface area contributed by atoms with Crippen LogP contribution in [0.5, 0.6) is 0 Å². The van der Waals surface area contributed by atoms with Crippen LogP contribution in [-0.4, -0.2) is 23.5 Å². The summed E-state index contributed by atoms with van der Waals surface area (Å²) in [6, 6.07) is 3.75. The van der Waals surface area contributed by atoms with Gasteiger partial charge in [0, 0.05) is 17.3 Å². The van der Waals surface area contributed by atoms with E-state index in [-0.39, 0.29) is 6.04 Å². The first kappa shape index (κ1) is 17.9. The minimum absolute atomic E-state index is 0.165. The van der Waals surface area contributed by atoms with Crippen molar-refractivity contribution < 1.29 is 31.4 Å². The summed E-state index contributed by atoms with van der Waals surface area (Å²) in [6.07, 6.45) is -6.68. The molecule has 8 heteroatoms. The van der Waals surface area contributed by atoms with Crippen LogP contribution in [0.25, 0.3) is 0 Å². The Morgan fingerprint density at radius 3 is 1.74 bits per heavy atom. The van der Waals surface area contributed by atoms with Gasteiger partial charge >= 0.3 is 12.4 Å². The summed E-state index contributed by atoms with van der Waals surface area (Å²) in [5.74, 6) is 0. The van der Waals surface area contributed by atoms with E-state index < -0.39 is 23.5 Å². The van der Waals surface area contributed by atoms with Crippen molar-refractivity contribution in [3.8, 4) is 0 Å². The number of rotatable bonds is 3. The highest BCUT2D eigenvalue weighted by Gasteiger charge is 2.71. The van der Waals surface area contributed by atoms with Crippen LogP contribution in [0, 0.1) is 0 Å². The molecule has 0 aliphatic heterocycles. The summed E-state index contributed by atoms with van der Waals surface area (Å²) in [5.41, 5.74) is -5.68. The molecule has 0 saturated heterocycles. The molecule has 1 aliphatic rings. The third-order valence-electron chi connectivity index (χ3n) is 4.10. The van der Waals surface area contributed by atoms with Crippen LogP contribution in [-0.2, 0) is 5.60 Å². The Balaban J connectivity index is 2.22. The van der Waals surface area contributed by atoms with E-state index in [4.69, 9.17) is 0 Å². The highest BCUT2D eigenvalue weighted by Crippen LogP contribution is 2.50. The largest absolute Gasteiger partial charge is 0.430 e. The van der Waals surface area contributed by atoms with Gasteiger partial charge in [-0.2, -0.15) is 26.3 Å². The number of alkyl halides is 6. The minimum atomic E-state index is -5.86. The van der Waals surface area contributed by atoms with Gasteiger partial charge in [-0.15, -0.1) is 0 Å². The SMILES string of the molecule is OC(c1ccc(NC2CCCCC2)cc1)(C(F)(F)F)C(F)(F)F. The molecule has 1 fully saturated rings. The van der Waals surface area contributed by atoms with Gasteiger partial charge in [-0.1, -0.05) is 31.4 Å². The predicted octanol–water partition coefficient (Wildman–Crippen LogP) is 4.74. The monoisotopic (exact) mass is 341 g/mol. The van der Waals surface area contributed by atoms with Crippen molar-refractivity contribution in [2.45, 2.75) is 56.1 Å². The molecular weight excluding hydrogens is 324 g/mol. The van der Waals surface area contributed by atoms with Gasteiger partial charge in [0.05, 0.1) is 0 Å². The third kappa shape index (κ3) is 3.57. The Hall–Kier alpha value is -1.44. The van der Waals surface area contributed by atoms with Crippen molar-refractivity contribution in [1.29, 1.82) is 0 Å². The summed E-state index contributed by atoms with van der Waals surface area (Å²) in [6.45, 7) is 0. The first-order chi connectivity index (χ1) is 10.6. The van der Waals surface area contributed by atoms with E-state index in [1.54, 1.807) is 0 Å². The van der Waals surface area contributed by atoms with Crippen LogP contribution in [0.4, 0.5) is 32.0 Å². The number of halogens is 6. The Labute approximate surface area is 129 Å².